The molecule has 0 aromatic heterocycles. The van der Waals surface area contributed by atoms with Gasteiger partial charge in [-0.25, -0.2) is 0 Å². The number of halogens is 2. The van der Waals surface area contributed by atoms with Crippen LogP contribution in [0.4, 0.5) is 0 Å². The van der Waals surface area contributed by atoms with E-state index in [1.165, 1.54) is 63.7 Å². The molecule has 0 aliphatic carbocycles. The number of benzene rings is 12. The van der Waals surface area contributed by atoms with Crippen LogP contribution in [0.5, 0.6) is 0 Å². The summed E-state index contributed by atoms with van der Waals surface area (Å²) in [7, 11) is 7.84. The van der Waals surface area contributed by atoms with Crippen molar-refractivity contribution in [2.24, 2.45) is 0 Å². The molecule has 0 aliphatic heterocycles. The van der Waals surface area contributed by atoms with Crippen LogP contribution in [0.25, 0.3) is 0 Å². The van der Waals surface area contributed by atoms with Gasteiger partial charge in [0.15, 0.2) is 0 Å². The zero-order chi connectivity index (χ0) is 54.4. The van der Waals surface area contributed by atoms with Gasteiger partial charge in [-0.1, -0.05) is 364 Å². The van der Waals surface area contributed by atoms with E-state index in [-0.39, 0.29) is 15.9 Å². The van der Waals surface area contributed by atoms with Crippen molar-refractivity contribution in [2.45, 2.75) is 0 Å². The molecule has 392 valence electrons. The van der Waals surface area contributed by atoms with Crippen molar-refractivity contribution in [3.63, 3.8) is 0 Å². The fourth-order valence-electron chi connectivity index (χ4n) is 8.71. The summed E-state index contributed by atoms with van der Waals surface area (Å²) in [5.41, 5.74) is 0. The fraction of sp³-hybridized carbons (Fsp3) is 0. The molecule has 0 saturated carbocycles. The van der Waals surface area contributed by atoms with Crippen LogP contribution >= 0.6 is 50.7 Å². The molecule has 12 aromatic rings. The number of rotatable bonds is 12. The molecule has 12 aromatic carbocycles. The Kier molecular flexibility index (Phi) is 25.2. The Morgan fingerprint density at radius 2 is 0.203 bits per heavy atom. The zero-order valence-corrected chi connectivity index (χ0v) is 50.1. The molecule has 0 aliphatic rings. The predicted molar refractivity (Wildman–Crippen MR) is 352 cm³/mol. The molecule has 7 heteroatoms. The number of hydrogen-bond donors (Lipinski definition) is 0. The molecule has 12 rings (SSSR count). The molecule has 79 heavy (non-hydrogen) atoms. The van der Waals surface area contributed by atoms with Gasteiger partial charge in [-0.3, -0.25) is 0 Å². The average Bonchev–Trinajstić information content (AvgIpc) is 3.55. The first-order valence-corrected chi connectivity index (χ1v) is 35.2. The van der Waals surface area contributed by atoms with Crippen LogP contribution < -0.4 is 63.7 Å². The van der Waals surface area contributed by atoms with E-state index in [4.69, 9.17) is 19.1 Å². The molecule has 0 spiro atoms. The van der Waals surface area contributed by atoms with Crippen LogP contribution in [0.15, 0.2) is 364 Å². The summed E-state index contributed by atoms with van der Waals surface area (Å²) < 4.78 is 0. The maximum atomic E-state index is 4.81. The largest absolute Gasteiger partial charge is 0.0622 e. The molecular weight excluding hydrogens is 1170 g/mol. The Bertz CT molecular complexity index is 2610. The third-order valence-corrected chi connectivity index (χ3v) is 21.9. The van der Waals surface area contributed by atoms with E-state index in [0.29, 0.717) is 0 Å². The third kappa shape index (κ3) is 18.3. The van der Waals surface area contributed by atoms with Crippen molar-refractivity contribution in [2.75, 3.05) is 0 Å². The minimum absolute atomic E-state index is 0.106. The molecule has 0 N–H and O–H groups in total. The minimum atomic E-state index is -0.446. The molecule has 0 radical (unpaired) electrons. The Balaban J connectivity index is 0.000000136. The monoisotopic (exact) mass is 1220 g/mol. The van der Waals surface area contributed by atoms with Crippen molar-refractivity contribution in [3.8, 4) is 0 Å². The van der Waals surface area contributed by atoms with Gasteiger partial charge in [0.2, 0.25) is 0 Å². The standard InChI is InChI=1S/4C18H15P.2ClH.Pd/c4*1-4-10-16(11-5-1)19(17-12-6-2-7-13-17)18-14-8-3-9-15-18;;;/h4*1-15H;2*1H;/q;;;;;;+2/p-2. The van der Waals surface area contributed by atoms with Crippen LogP contribution in [0, 0.1) is 0 Å². The third-order valence-electron chi connectivity index (χ3n) is 12.2. The van der Waals surface area contributed by atoms with Crippen molar-refractivity contribution < 1.29 is 15.9 Å². The molecule has 0 unspecified atom stereocenters. The minimum Gasteiger partial charge on any atom is -0.0622 e. The first-order chi connectivity index (χ1) is 39.2. The molecule has 0 saturated heterocycles. The molecule has 0 nitrogen and oxygen atoms in total. The quantitative estimate of drug-likeness (QED) is 0.0845. The van der Waals surface area contributed by atoms with Crippen LogP contribution in [0.2, 0.25) is 0 Å². The molecular formula is C72H60Cl2P4Pd. The molecule has 0 bridgehead atoms. The van der Waals surface area contributed by atoms with E-state index in [1.807, 2.05) is 0 Å². The second-order valence-corrected chi connectivity index (χ2v) is 28.7. The van der Waals surface area contributed by atoms with Crippen LogP contribution in [0.3, 0.4) is 0 Å². The molecule has 0 amide bonds. The van der Waals surface area contributed by atoms with E-state index < -0.39 is 31.7 Å². The van der Waals surface area contributed by atoms with Gasteiger partial charge in [0.05, 0.1) is 0 Å². The smallest absolute Gasteiger partial charge is 0.0134 e. The maximum Gasteiger partial charge on any atom is -0.0134 e. The SMILES string of the molecule is [Cl][Pd][Cl].c1ccc(P(c2ccccc2)c2ccccc2)cc1.c1ccc(P(c2ccccc2)c2ccccc2)cc1.c1ccc(P(c2ccccc2)c2ccccc2)cc1.c1ccc(P(c2ccccc2)c2ccccc2)cc1. The Morgan fingerprint density at radius 3 is 0.266 bits per heavy atom. The van der Waals surface area contributed by atoms with E-state index >= 15 is 0 Å². The summed E-state index contributed by atoms with van der Waals surface area (Å²) in [6.45, 7) is 0. The van der Waals surface area contributed by atoms with Crippen molar-refractivity contribution in [1.82, 2.24) is 0 Å². The van der Waals surface area contributed by atoms with Gasteiger partial charge >= 0.3 is 35.0 Å². The van der Waals surface area contributed by atoms with Gasteiger partial charge < -0.3 is 0 Å². The summed E-state index contributed by atoms with van der Waals surface area (Å²) in [4.78, 5) is 0. The zero-order valence-electron chi connectivity index (χ0n) is 43.5. The Labute approximate surface area is 490 Å². The fourth-order valence-corrected chi connectivity index (χ4v) is 17.9. The summed E-state index contributed by atoms with van der Waals surface area (Å²) in [5, 5.41) is 16.8. The summed E-state index contributed by atoms with van der Waals surface area (Å²) >= 11 is -0.106. The van der Waals surface area contributed by atoms with Crippen molar-refractivity contribution in [1.29, 1.82) is 0 Å². The van der Waals surface area contributed by atoms with Gasteiger partial charge in [-0.15, -0.1) is 0 Å². The summed E-state index contributed by atoms with van der Waals surface area (Å²) in [5.74, 6) is 0. The van der Waals surface area contributed by atoms with Gasteiger partial charge in [0.25, 0.3) is 0 Å². The second-order valence-electron chi connectivity index (χ2n) is 17.4. The van der Waals surface area contributed by atoms with Crippen molar-refractivity contribution >= 4 is 114 Å². The normalized spacial score (nSPS) is 10.5. The average molecular weight is 1230 g/mol. The Morgan fingerprint density at radius 1 is 0.139 bits per heavy atom. The van der Waals surface area contributed by atoms with E-state index in [1.54, 1.807) is 0 Å². The van der Waals surface area contributed by atoms with Crippen LogP contribution in [-0.4, -0.2) is 0 Å². The van der Waals surface area contributed by atoms with E-state index in [9.17, 15) is 0 Å². The predicted octanol–water partition coefficient (Wildman–Crippen LogP) is 15.2. The summed E-state index contributed by atoms with van der Waals surface area (Å²) in [6, 6.07) is 129. The van der Waals surface area contributed by atoms with Crippen molar-refractivity contribution in [3.05, 3.63) is 364 Å². The van der Waals surface area contributed by atoms with E-state index in [2.05, 4.69) is 364 Å². The first kappa shape index (κ1) is 58.7. The van der Waals surface area contributed by atoms with Gasteiger partial charge in [0.1, 0.15) is 0 Å². The first-order valence-electron chi connectivity index (χ1n) is 25.9. The van der Waals surface area contributed by atoms with Crippen LogP contribution in [0.1, 0.15) is 0 Å². The summed E-state index contributed by atoms with van der Waals surface area (Å²) in [6.07, 6.45) is 0. The maximum absolute atomic E-state index is 4.81. The van der Waals surface area contributed by atoms with Gasteiger partial charge in [-0.2, -0.15) is 0 Å². The van der Waals surface area contributed by atoms with Crippen LogP contribution in [-0.2, 0) is 15.9 Å². The number of hydrogen-bond acceptors (Lipinski definition) is 0. The molecule has 0 atom stereocenters. The topological polar surface area (TPSA) is 0 Å². The van der Waals surface area contributed by atoms with Gasteiger partial charge in [0, 0.05) is 0 Å². The van der Waals surface area contributed by atoms with E-state index in [0.717, 1.165) is 0 Å². The molecule has 0 heterocycles. The second kappa shape index (κ2) is 33.9. The Hall–Kier alpha value is -6.40. The van der Waals surface area contributed by atoms with Gasteiger partial charge in [-0.05, 0) is 95.3 Å². The molecule has 0 fully saturated rings.